The Bertz CT molecular complexity index is 590. The molecule has 2 saturated heterocycles. The zero-order chi connectivity index (χ0) is 14.6. The number of rotatable bonds is 2. The monoisotopic (exact) mass is 286 g/mol. The van der Waals surface area contributed by atoms with Crippen molar-refractivity contribution in [1.29, 1.82) is 0 Å². The number of carboxylic acids is 1. The van der Waals surface area contributed by atoms with Gasteiger partial charge in [0.2, 0.25) is 5.91 Å². The maximum atomic E-state index is 12.8. The molecule has 3 aliphatic heterocycles. The van der Waals surface area contributed by atoms with Crippen LogP contribution in [-0.2, 0) is 16.0 Å². The number of fused-ring (bicyclic) bond motifs is 3. The van der Waals surface area contributed by atoms with Crippen molar-refractivity contribution >= 4 is 17.6 Å². The third kappa shape index (κ3) is 1.83. The van der Waals surface area contributed by atoms with Crippen molar-refractivity contribution < 1.29 is 14.7 Å². The van der Waals surface area contributed by atoms with Gasteiger partial charge in [0.15, 0.2) is 0 Å². The van der Waals surface area contributed by atoms with Crippen molar-refractivity contribution in [3.8, 4) is 0 Å². The number of hydrogen-bond acceptors (Lipinski definition) is 3. The van der Waals surface area contributed by atoms with E-state index in [4.69, 9.17) is 0 Å². The van der Waals surface area contributed by atoms with E-state index in [0.717, 1.165) is 24.1 Å². The molecular weight excluding hydrogens is 268 g/mol. The summed E-state index contributed by atoms with van der Waals surface area (Å²) >= 11 is 0. The highest BCUT2D eigenvalue weighted by atomic mass is 16.4. The van der Waals surface area contributed by atoms with E-state index in [0.29, 0.717) is 12.8 Å². The molecule has 2 bridgehead atoms. The number of hydrogen-bond donors (Lipinski definition) is 2. The second kappa shape index (κ2) is 4.48. The number of amides is 1. The summed E-state index contributed by atoms with van der Waals surface area (Å²) in [6.07, 6.45) is 3.08. The molecule has 3 heterocycles. The maximum Gasteiger partial charge on any atom is 0.308 e. The van der Waals surface area contributed by atoms with Gasteiger partial charge in [-0.25, -0.2) is 0 Å². The van der Waals surface area contributed by atoms with Crippen molar-refractivity contribution in [3.05, 3.63) is 29.8 Å². The molecular formula is C16H18N2O3. The second-order valence-electron chi connectivity index (χ2n) is 6.28. The van der Waals surface area contributed by atoms with Gasteiger partial charge in [0, 0.05) is 24.2 Å². The van der Waals surface area contributed by atoms with Gasteiger partial charge in [0.25, 0.3) is 0 Å². The number of aliphatic carboxylic acids is 1. The van der Waals surface area contributed by atoms with E-state index in [1.165, 1.54) is 0 Å². The zero-order valence-electron chi connectivity index (χ0n) is 11.7. The van der Waals surface area contributed by atoms with Crippen LogP contribution in [-0.4, -0.2) is 40.0 Å². The molecule has 1 aromatic rings. The molecule has 3 aliphatic rings. The molecule has 1 aromatic carbocycles. The van der Waals surface area contributed by atoms with Gasteiger partial charge >= 0.3 is 5.97 Å². The summed E-state index contributed by atoms with van der Waals surface area (Å²) < 4.78 is 0. The van der Waals surface area contributed by atoms with Gasteiger partial charge in [0.1, 0.15) is 6.04 Å². The molecule has 3 unspecified atom stereocenters. The van der Waals surface area contributed by atoms with Crippen molar-refractivity contribution in [2.75, 3.05) is 5.32 Å². The summed E-state index contributed by atoms with van der Waals surface area (Å²) in [7, 11) is 0. The van der Waals surface area contributed by atoms with Gasteiger partial charge in [-0.2, -0.15) is 0 Å². The molecule has 5 heteroatoms. The predicted molar refractivity (Wildman–Crippen MR) is 77.0 cm³/mol. The van der Waals surface area contributed by atoms with E-state index >= 15 is 0 Å². The van der Waals surface area contributed by atoms with Gasteiger partial charge < -0.3 is 15.3 Å². The maximum absolute atomic E-state index is 12.8. The van der Waals surface area contributed by atoms with Crippen LogP contribution in [0.1, 0.15) is 24.8 Å². The van der Waals surface area contributed by atoms with Crippen LogP contribution in [0.5, 0.6) is 0 Å². The summed E-state index contributed by atoms with van der Waals surface area (Å²) in [6.45, 7) is 0. The van der Waals surface area contributed by atoms with E-state index < -0.39 is 5.97 Å². The first-order valence-corrected chi connectivity index (χ1v) is 7.54. The SMILES string of the molecule is O=C(O)C1CC2CCC1N2C(=O)[C@@H]1Cc2ccccc2N1. The Balaban J connectivity index is 1.54. The molecule has 0 saturated carbocycles. The molecule has 0 aromatic heterocycles. The average Bonchev–Trinajstić information content (AvgIpc) is 3.18. The molecule has 110 valence electrons. The lowest BCUT2D eigenvalue weighted by atomic mass is 9.89. The van der Waals surface area contributed by atoms with Crippen LogP contribution in [0.2, 0.25) is 0 Å². The van der Waals surface area contributed by atoms with Crippen molar-refractivity contribution in [2.24, 2.45) is 5.92 Å². The molecule has 4 rings (SSSR count). The van der Waals surface area contributed by atoms with Gasteiger partial charge in [-0.05, 0) is 30.9 Å². The molecule has 0 aliphatic carbocycles. The predicted octanol–water partition coefficient (Wildman–Crippen LogP) is 1.49. The van der Waals surface area contributed by atoms with Crippen LogP contribution < -0.4 is 5.32 Å². The Hall–Kier alpha value is -2.04. The van der Waals surface area contributed by atoms with E-state index in [1.807, 2.05) is 29.2 Å². The number of anilines is 1. The number of nitrogens with one attached hydrogen (secondary N) is 1. The fourth-order valence-electron chi connectivity index (χ4n) is 4.22. The molecule has 2 N–H and O–H groups in total. The minimum absolute atomic E-state index is 0.0717. The first-order chi connectivity index (χ1) is 10.1. The fraction of sp³-hybridized carbons (Fsp3) is 0.500. The average molecular weight is 286 g/mol. The Labute approximate surface area is 122 Å². The summed E-state index contributed by atoms with van der Waals surface area (Å²) in [5.41, 5.74) is 2.19. The number of carboxylic acid groups (broad SMARTS) is 1. The first-order valence-electron chi connectivity index (χ1n) is 7.54. The molecule has 1 amide bonds. The van der Waals surface area contributed by atoms with Gasteiger partial charge in [-0.1, -0.05) is 18.2 Å². The minimum atomic E-state index is -0.761. The second-order valence-corrected chi connectivity index (χ2v) is 6.28. The smallest absolute Gasteiger partial charge is 0.308 e. The summed E-state index contributed by atoms with van der Waals surface area (Å²) in [4.78, 5) is 26.0. The van der Waals surface area contributed by atoms with Crippen LogP contribution in [0, 0.1) is 5.92 Å². The van der Waals surface area contributed by atoms with Crippen molar-refractivity contribution in [3.63, 3.8) is 0 Å². The third-order valence-electron chi connectivity index (χ3n) is 5.18. The van der Waals surface area contributed by atoms with Gasteiger partial charge in [-0.3, -0.25) is 9.59 Å². The van der Waals surface area contributed by atoms with Gasteiger partial charge in [-0.15, -0.1) is 0 Å². The lowest BCUT2D eigenvalue weighted by Crippen LogP contribution is -2.45. The minimum Gasteiger partial charge on any atom is -0.481 e. The highest BCUT2D eigenvalue weighted by molar-refractivity contribution is 5.89. The molecule has 0 radical (unpaired) electrons. The van der Waals surface area contributed by atoms with Crippen LogP contribution in [0.15, 0.2) is 24.3 Å². The van der Waals surface area contributed by atoms with Crippen molar-refractivity contribution in [1.82, 2.24) is 4.90 Å². The van der Waals surface area contributed by atoms with E-state index in [1.54, 1.807) is 0 Å². The number of para-hydroxylation sites is 1. The van der Waals surface area contributed by atoms with E-state index in [2.05, 4.69) is 5.32 Å². The lowest BCUT2D eigenvalue weighted by Gasteiger charge is -2.26. The quantitative estimate of drug-likeness (QED) is 0.864. The highest BCUT2D eigenvalue weighted by Gasteiger charge is 2.52. The van der Waals surface area contributed by atoms with Crippen molar-refractivity contribution in [2.45, 2.75) is 43.8 Å². The van der Waals surface area contributed by atoms with Crippen LogP contribution in [0.3, 0.4) is 0 Å². The molecule has 21 heavy (non-hydrogen) atoms. The number of nitrogens with zero attached hydrogens (tertiary/aromatic N) is 1. The fourth-order valence-corrected chi connectivity index (χ4v) is 4.22. The topological polar surface area (TPSA) is 69.6 Å². The summed E-state index contributed by atoms with van der Waals surface area (Å²) in [6, 6.07) is 7.74. The molecule has 4 atom stereocenters. The normalized spacial score (nSPS) is 32.9. The Morgan fingerprint density at radius 2 is 2.05 bits per heavy atom. The Morgan fingerprint density at radius 1 is 1.24 bits per heavy atom. The third-order valence-corrected chi connectivity index (χ3v) is 5.18. The zero-order valence-corrected chi connectivity index (χ0v) is 11.7. The first kappa shape index (κ1) is 12.7. The van der Waals surface area contributed by atoms with Gasteiger partial charge in [0.05, 0.1) is 5.92 Å². The van der Waals surface area contributed by atoms with E-state index in [9.17, 15) is 14.7 Å². The van der Waals surface area contributed by atoms with Crippen LogP contribution in [0.4, 0.5) is 5.69 Å². The number of carbonyl (C=O) groups is 2. The summed E-state index contributed by atoms with van der Waals surface area (Å²) in [5.74, 6) is -1.07. The molecule has 2 fully saturated rings. The van der Waals surface area contributed by atoms with Crippen LogP contribution in [0.25, 0.3) is 0 Å². The highest BCUT2D eigenvalue weighted by Crippen LogP contribution is 2.43. The number of carbonyl (C=O) groups excluding carboxylic acids is 1. The lowest BCUT2D eigenvalue weighted by molar-refractivity contribution is -0.143. The Kier molecular flexibility index (Phi) is 2.71. The molecule has 0 spiro atoms. The largest absolute Gasteiger partial charge is 0.481 e. The Morgan fingerprint density at radius 3 is 2.76 bits per heavy atom. The van der Waals surface area contributed by atoms with E-state index in [-0.39, 0.29) is 30.0 Å². The molecule has 5 nitrogen and oxygen atoms in total. The van der Waals surface area contributed by atoms with Crippen LogP contribution >= 0.6 is 0 Å². The summed E-state index contributed by atoms with van der Waals surface area (Å²) in [5, 5.41) is 12.6. The standard InChI is InChI=1S/C16H18N2O3/c19-15(13-7-9-3-1-2-4-12(9)17-13)18-10-5-6-14(18)11(8-10)16(20)21/h1-4,10-11,13-14,17H,5-8H2,(H,20,21)/t10?,11?,13-,14?/m0/s1. The number of benzene rings is 1.